The minimum atomic E-state index is -3.85. The third-order valence-corrected chi connectivity index (χ3v) is 8.42. The predicted molar refractivity (Wildman–Crippen MR) is 143 cm³/mol. The second-order valence-corrected chi connectivity index (χ2v) is 11.4. The van der Waals surface area contributed by atoms with Gasteiger partial charge in [-0.2, -0.15) is 0 Å². The zero-order chi connectivity index (χ0) is 27.2. The Morgan fingerprint density at radius 2 is 1.76 bits per heavy atom. The number of halogens is 1. The monoisotopic (exact) mass is 551 g/mol. The molecule has 0 saturated carbocycles. The minimum Gasteiger partial charge on any atom is -0.454 e. The molecule has 2 atom stereocenters. The molecule has 2 aromatic carbocycles. The molecule has 1 N–H and O–H groups in total. The van der Waals surface area contributed by atoms with Crippen molar-refractivity contribution in [3.63, 3.8) is 0 Å². The Kier molecular flexibility index (Phi) is 9.67. The van der Waals surface area contributed by atoms with E-state index in [0.29, 0.717) is 28.5 Å². The third-order valence-electron chi connectivity index (χ3n) is 6.31. The van der Waals surface area contributed by atoms with Crippen molar-refractivity contribution in [2.45, 2.75) is 59.2 Å². The number of benzene rings is 2. The second-order valence-electron chi connectivity index (χ2n) is 8.80. The highest BCUT2D eigenvalue weighted by atomic mass is 35.5. The Balaban J connectivity index is 1.98. The van der Waals surface area contributed by atoms with Crippen LogP contribution in [0.1, 0.15) is 46.1 Å². The molecule has 1 heterocycles. The number of hydrogen-bond acceptors (Lipinski definition) is 6. The molecular formula is C26H34ClN3O6S. The van der Waals surface area contributed by atoms with Crippen LogP contribution in [0.3, 0.4) is 0 Å². The zero-order valence-electron chi connectivity index (χ0n) is 21.6. The first-order valence-electron chi connectivity index (χ1n) is 12.3. The quantitative estimate of drug-likeness (QED) is 0.428. The third kappa shape index (κ3) is 6.87. The average molecular weight is 552 g/mol. The molecule has 0 radical (unpaired) electrons. The number of nitrogens with zero attached hydrogens (tertiary/aromatic N) is 2. The number of sulfonamides is 1. The lowest BCUT2D eigenvalue weighted by atomic mass is 10.1. The van der Waals surface area contributed by atoms with Crippen LogP contribution in [0.25, 0.3) is 0 Å². The molecule has 9 nitrogen and oxygen atoms in total. The van der Waals surface area contributed by atoms with Gasteiger partial charge in [0.2, 0.25) is 28.6 Å². The van der Waals surface area contributed by atoms with Crippen molar-refractivity contribution in [1.29, 1.82) is 0 Å². The number of amides is 2. The number of ether oxygens (including phenoxy) is 2. The van der Waals surface area contributed by atoms with E-state index in [0.717, 1.165) is 10.7 Å². The van der Waals surface area contributed by atoms with Gasteiger partial charge in [0.1, 0.15) is 12.6 Å². The normalized spacial score (nSPS) is 14.1. The fourth-order valence-corrected chi connectivity index (χ4v) is 5.18. The molecule has 0 bridgehead atoms. The van der Waals surface area contributed by atoms with Gasteiger partial charge in [-0.1, -0.05) is 43.6 Å². The number of nitrogens with one attached hydrogen (secondary N) is 1. The van der Waals surface area contributed by atoms with Crippen molar-refractivity contribution in [2.24, 2.45) is 0 Å². The number of anilines is 1. The van der Waals surface area contributed by atoms with E-state index in [1.54, 1.807) is 36.4 Å². The highest BCUT2D eigenvalue weighted by molar-refractivity contribution is 7.92. The number of rotatable bonds is 12. The van der Waals surface area contributed by atoms with Crippen molar-refractivity contribution >= 4 is 39.1 Å². The molecule has 0 aliphatic carbocycles. The first-order valence-corrected chi connectivity index (χ1v) is 14.3. The van der Waals surface area contributed by atoms with E-state index in [1.165, 1.54) is 17.9 Å². The van der Waals surface area contributed by atoms with Crippen LogP contribution in [0.15, 0.2) is 42.5 Å². The summed E-state index contributed by atoms with van der Waals surface area (Å²) in [6, 6.07) is 10.9. The van der Waals surface area contributed by atoms with E-state index in [2.05, 4.69) is 5.32 Å². The van der Waals surface area contributed by atoms with E-state index < -0.39 is 28.5 Å². The van der Waals surface area contributed by atoms with Crippen LogP contribution in [-0.4, -0.2) is 56.3 Å². The molecule has 0 aromatic heterocycles. The van der Waals surface area contributed by atoms with Crippen LogP contribution >= 0.6 is 11.6 Å². The summed E-state index contributed by atoms with van der Waals surface area (Å²) in [5, 5.41) is 3.39. The molecule has 3 rings (SSSR count). The molecular weight excluding hydrogens is 518 g/mol. The lowest BCUT2D eigenvalue weighted by Gasteiger charge is -2.33. The summed E-state index contributed by atoms with van der Waals surface area (Å²) >= 11 is 6.39. The molecule has 11 heteroatoms. The van der Waals surface area contributed by atoms with Crippen LogP contribution in [0.4, 0.5) is 5.69 Å². The maximum Gasteiger partial charge on any atom is 0.244 e. The molecule has 0 fully saturated rings. The number of carbonyl (C=O) groups excluding carboxylic acids is 2. The van der Waals surface area contributed by atoms with E-state index in [-0.39, 0.29) is 36.7 Å². The fourth-order valence-electron chi connectivity index (χ4n) is 3.93. The summed E-state index contributed by atoms with van der Waals surface area (Å²) in [5.74, 6) is -0.151. The number of hydrogen-bond donors (Lipinski definition) is 1. The molecule has 37 heavy (non-hydrogen) atoms. The van der Waals surface area contributed by atoms with Crippen molar-refractivity contribution in [2.75, 3.05) is 23.4 Å². The lowest BCUT2D eigenvalue weighted by Crippen LogP contribution is -2.53. The zero-order valence-corrected chi connectivity index (χ0v) is 23.1. The average Bonchev–Trinajstić information content (AvgIpc) is 3.35. The predicted octanol–water partition coefficient (Wildman–Crippen LogP) is 3.95. The van der Waals surface area contributed by atoms with Gasteiger partial charge in [-0.25, -0.2) is 8.42 Å². The second kappa shape index (κ2) is 12.5. The number of carbonyl (C=O) groups is 2. The van der Waals surface area contributed by atoms with Crippen LogP contribution in [0, 0.1) is 0 Å². The molecule has 202 valence electrons. The van der Waals surface area contributed by atoms with Gasteiger partial charge >= 0.3 is 0 Å². The number of fused-ring (bicyclic) bond motifs is 1. The van der Waals surface area contributed by atoms with Crippen molar-refractivity contribution in [3.8, 4) is 11.5 Å². The molecule has 0 spiro atoms. The Labute approximate surface area is 223 Å². The highest BCUT2D eigenvalue weighted by Gasteiger charge is 2.33. The molecule has 0 saturated heterocycles. The van der Waals surface area contributed by atoms with Gasteiger partial charge in [0.25, 0.3) is 0 Å². The summed E-state index contributed by atoms with van der Waals surface area (Å²) in [7, 11) is -3.85. The van der Waals surface area contributed by atoms with Gasteiger partial charge in [-0.15, -0.1) is 0 Å². The Bertz CT molecular complexity index is 1220. The lowest BCUT2D eigenvalue weighted by molar-refractivity contribution is -0.140. The SMILES string of the molecule is CC[C@H](C)NC(=O)[C@H](CC)N(Cc1ccccc1Cl)C(=O)CN(c1ccc2c(c1)OCO2)S(=O)(=O)CC. The minimum absolute atomic E-state index is 0.0351. The Morgan fingerprint density at radius 1 is 1.05 bits per heavy atom. The van der Waals surface area contributed by atoms with Crippen LogP contribution in [0.5, 0.6) is 11.5 Å². The van der Waals surface area contributed by atoms with Crippen LogP contribution < -0.4 is 19.1 Å². The van der Waals surface area contributed by atoms with E-state index in [9.17, 15) is 18.0 Å². The fraction of sp³-hybridized carbons (Fsp3) is 0.462. The van der Waals surface area contributed by atoms with Crippen molar-refractivity contribution in [3.05, 3.63) is 53.1 Å². The van der Waals surface area contributed by atoms with Gasteiger partial charge in [0, 0.05) is 23.7 Å². The van der Waals surface area contributed by atoms with E-state index in [4.69, 9.17) is 21.1 Å². The molecule has 2 aromatic rings. The molecule has 1 aliphatic rings. The smallest absolute Gasteiger partial charge is 0.244 e. The standard InChI is InChI=1S/C26H34ClN3O6S/c1-5-18(4)28-26(32)22(6-2)29(15-19-10-8-9-11-21(19)27)25(31)16-30(37(33,34)7-3)20-12-13-23-24(14-20)36-17-35-23/h8-14,18,22H,5-7,15-17H2,1-4H3,(H,28,32)/t18-,22-/m0/s1. The van der Waals surface area contributed by atoms with Crippen molar-refractivity contribution in [1.82, 2.24) is 10.2 Å². The van der Waals surface area contributed by atoms with Gasteiger partial charge in [0.15, 0.2) is 11.5 Å². The van der Waals surface area contributed by atoms with Gasteiger partial charge < -0.3 is 19.7 Å². The molecule has 2 amide bonds. The highest BCUT2D eigenvalue weighted by Crippen LogP contribution is 2.36. The summed E-state index contributed by atoms with van der Waals surface area (Å²) < 4.78 is 38.0. The first-order chi connectivity index (χ1) is 17.6. The van der Waals surface area contributed by atoms with E-state index >= 15 is 0 Å². The van der Waals surface area contributed by atoms with Gasteiger partial charge in [-0.05, 0) is 50.5 Å². The Hall–Kier alpha value is -2.98. The van der Waals surface area contributed by atoms with Crippen LogP contribution in [-0.2, 0) is 26.2 Å². The maximum absolute atomic E-state index is 13.8. The molecule has 1 aliphatic heterocycles. The molecule has 0 unspecified atom stereocenters. The van der Waals surface area contributed by atoms with Gasteiger partial charge in [0.05, 0.1) is 11.4 Å². The Morgan fingerprint density at radius 3 is 2.41 bits per heavy atom. The van der Waals surface area contributed by atoms with Gasteiger partial charge in [-0.3, -0.25) is 13.9 Å². The first kappa shape index (κ1) is 28.6. The summed E-state index contributed by atoms with van der Waals surface area (Å²) in [5.41, 5.74) is 0.925. The van der Waals surface area contributed by atoms with E-state index in [1.807, 2.05) is 20.8 Å². The summed E-state index contributed by atoms with van der Waals surface area (Å²) in [6.07, 6.45) is 1.07. The van der Waals surface area contributed by atoms with Crippen molar-refractivity contribution < 1.29 is 27.5 Å². The largest absolute Gasteiger partial charge is 0.454 e. The topological polar surface area (TPSA) is 105 Å². The van der Waals surface area contributed by atoms with Crippen LogP contribution in [0.2, 0.25) is 5.02 Å². The summed E-state index contributed by atoms with van der Waals surface area (Å²) in [4.78, 5) is 28.4. The maximum atomic E-state index is 13.8. The summed E-state index contributed by atoms with van der Waals surface area (Å²) in [6.45, 7) is 6.76.